The number of ether oxygens (including phenoxy) is 1. The fourth-order valence-corrected chi connectivity index (χ4v) is 6.99. The number of aliphatic hydroxyl groups excluding tert-OH is 1. The molecule has 3 fully saturated rings. The SMILES string of the molecule is Cc1cc(Nc2cc3nc(-c4ccnc(N5CCOC[C@H]5C)c4)sc3cn2)nc(N2C[C@@H]3C[C@H]2CN3CCO)n1. The second-order valence-corrected chi connectivity index (χ2v) is 11.8. The molecule has 11 nitrogen and oxygen atoms in total. The number of aliphatic hydroxyl groups is 1. The summed E-state index contributed by atoms with van der Waals surface area (Å²) in [5.41, 5.74) is 2.85. The summed E-state index contributed by atoms with van der Waals surface area (Å²) in [6, 6.07) is 9.17. The topological polar surface area (TPSA) is 116 Å². The number of aryl methyl sites for hydroxylation is 1. The molecule has 12 heteroatoms. The zero-order valence-corrected chi connectivity index (χ0v) is 23.5. The van der Waals surface area contributed by atoms with Crippen LogP contribution in [0.4, 0.5) is 23.4 Å². The van der Waals surface area contributed by atoms with Crippen LogP contribution in [0.2, 0.25) is 0 Å². The van der Waals surface area contributed by atoms with Crippen molar-refractivity contribution >= 4 is 45.0 Å². The van der Waals surface area contributed by atoms with Gasteiger partial charge < -0.3 is 25.0 Å². The molecule has 2 N–H and O–H groups in total. The highest BCUT2D eigenvalue weighted by atomic mass is 32.1. The number of piperazine rings is 1. The lowest BCUT2D eigenvalue weighted by atomic mass is 10.2. The lowest BCUT2D eigenvalue weighted by Gasteiger charge is -2.34. The van der Waals surface area contributed by atoms with Gasteiger partial charge in [-0.2, -0.15) is 4.98 Å². The van der Waals surface area contributed by atoms with E-state index in [-0.39, 0.29) is 12.6 Å². The van der Waals surface area contributed by atoms with Crippen LogP contribution in [0.15, 0.2) is 36.7 Å². The Balaban J connectivity index is 1.10. The highest BCUT2D eigenvalue weighted by molar-refractivity contribution is 7.21. The molecular formula is C28H33N9O2S. The molecule has 4 aromatic heterocycles. The Labute approximate surface area is 236 Å². The highest BCUT2D eigenvalue weighted by Crippen LogP contribution is 2.35. The number of morpholine rings is 1. The van der Waals surface area contributed by atoms with Crippen LogP contribution < -0.4 is 15.1 Å². The number of nitrogens with zero attached hydrogens (tertiary/aromatic N) is 8. The number of rotatable bonds is 7. The van der Waals surface area contributed by atoms with Crippen molar-refractivity contribution in [1.29, 1.82) is 0 Å². The van der Waals surface area contributed by atoms with Crippen LogP contribution in [0.1, 0.15) is 19.0 Å². The number of β-amino-alcohol motifs (C(OH)–C–C–N with tert-alkyl or cyclic N) is 1. The highest BCUT2D eigenvalue weighted by Gasteiger charge is 2.44. The fourth-order valence-electron chi connectivity index (χ4n) is 6.08. The average molecular weight is 560 g/mol. The number of likely N-dealkylation sites (tertiary alicyclic amines) is 1. The predicted molar refractivity (Wildman–Crippen MR) is 157 cm³/mol. The van der Waals surface area contributed by atoms with E-state index in [1.807, 2.05) is 37.5 Å². The van der Waals surface area contributed by atoms with Crippen molar-refractivity contribution in [2.75, 3.05) is 61.1 Å². The summed E-state index contributed by atoms with van der Waals surface area (Å²) in [5, 5.41) is 13.7. The third-order valence-corrected chi connectivity index (χ3v) is 9.08. The molecule has 0 aliphatic carbocycles. The van der Waals surface area contributed by atoms with E-state index in [0.29, 0.717) is 31.1 Å². The lowest BCUT2D eigenvalue weighted by Crippen LogP contribution is -2.47. The van der Waals surface area contributed by atoms with Crippen molar-refractivity contribution in [3.63, 3.8) is 0 Å². The lowest BCUT2D eigenvalue weighted by molar-refractivity contribution is 0.0985. The van der Waals surface area contributed by atoms with Crippen LogP contribution in [0.5, 0.6) is 0 Å². The monoisotopic (exact) mass is 559 g/mol. The number of aromatic nitrogens is 5. The van der Waals surface area contributed by atoms with E-state index in [1.54, 1.807) is 11.3 Å². The Morgan fingerprint density at radius 3 is 2.83 bits per heavy atom. The summed E-state index contributed by atoms with van der Waals surface area (Å²) >= 11 is 1.63. The van der Waals surface area contributed by atoms with E-state index in [9.17, 15) is 5.11 Å². The van der Waals surface area contributed by atoms with Crippen molar-refractivity contribution in [3.05, 3.63) is 42.4 Å². The number of fused-ring (bicyclic) bond motifs is 3. The Hall–Kier alpha value is -3.45. The van der Waals surface area contributed by atoms with Crippen LogP contribution in [0, 0.1) is 6.92 Å². The second kappa shape index (κ2) is 10.5. The number of thiazole rings is 1. The van der Waals surface area contributed by atoms with E-state index >= 15 is 0 Å². The van der Waals surface area contributed by atoms with Gasteiger partial charge >= 0.3 is 0 Å². The van der Waals surface area contributed by atoms with Gasteiger partial charge in [0.05, 0.1) is 36.1 Å². The molecule has 0 spiro atoms. The molecule has 2 bridgehead atoms. The van der Waals surface area contributed by atoms with Gasteiger partial charge in [-0.15, -0.1) is 11.3 Å². The van der Waals surface area contributed by atoms with E-state index in [4.69, 9.17) is 19.7 Å². The van der Waals surface area contributed by atoms with Gasteiger partial charge in [-0.3, -0.25) is 4.90 Å². The molecule has 7 heterocycles. The van der Waals surface area contributed by atoms with Crippen molar-refractivity contribution in [1.82, 2.24) is 29.8 Å². The minimum atomic E-state index is 0.202. The molecule has 40 heavy (non-hydrogen) atoms. The average Bonchev–Trinajstić information content (AvgIpc) is 3.68. The molecule has 3 aliphatic heterocycles. The molecule has 0 amide bonds. The van der Waals surface area contributed by atoms with Crippen molar-refractivity contribution < 1.29 is 9.84 Å². The molecule has 208 valence electrons. The van der Waals surface area contributed by atoms with E-state index in [0.717, 1.165) is 76.7 Å². The Kier molecular flexibility index (Phi) is 6.70. The molecule has 4 aromatic rings. The second-order valence-electron chi connectivity index (χ2n) is 10.8. The molecule has 7 rings (SSSR count). The molecule has 0 unspecified atom stereocenters. The van der Waals surface area contributed by atoms with Crippen LogP contribution in [-0.2, 0) is 4.74 Å². The van der Waals surface area contributed by atoms with Crippen LogP contribution in [0.25, 0.3) is 20.8 Å². The third kappa shape index (κ3) is 4.85. The van der Waals surface area contributed by atoms with Gasteiger partial charge in [0.15, 0.2) is 0 Å². The molecule has 3 aliphatic rings. The molecular weight excluding hydrogens is 526 g/mol. The van der Waals surface area contributed by atoms with Gasteiger partial charge in [-0.1, -0.05) is 0 Å². The molecule has 3 atom stereocenters. The maximum absolute atomic E-state index is 9.34. The summed E-state index contributed by atoms with van der Waals surface area (Å²) in [5.74, 6) is 3.12. The van der Waals surface area contributed by atoms with E-state index in [2.05, 4.69) is 43.0 Å². The molecule has 3 saturated heterocycles. The van der Waals surface area contributed by atoms with Gasteiger partial charge in [0.2, 0.25) is 5.95 Å². The summed E-state index contributed by atoms with van der Waals surface area (Å²) < 4.78 is 6.62. The minimum absolute atomic E-state index is 0.202. The van der Waals surface area contributed by atoms with Crippen LogP contribution >= 0.6 is 11.3 Å². The Morgan fingerprint density at radius 1 is 1.07 bits per heavy atom. The molecule has 0 aromatic carbocycles. The molecule has 0 radical (unpaired) electrons. The Morgan fingerprint density at radius 2 is 2.00 bits per heavy atom. The Bertz CT molecular complexity index is 1530. The van der Waals surface area contributed by atoms with Gasteiger partial charge in [0.1, 0.15) is 22.5 Å². The summed E-state index contributed by atoms with van der Waals surface area (Å²) in [7, 11) is 0. The normalized spacial score (nSPS) is 22.9. The van der Waals surface area contributed by atoms with Gasteiger partial charge in [0.25, 0.3) is 0 Å². The first-order valence-electron chi connectivity index (χ1n) is 13.9. The van der Waals surface area contributed by atoms with E-state index in [1.165, 1.54) is 0 Å². The van der Waals surface area contributed by atoms with Crippen molar-refractivity contribution in [2.24, 2.45) is 0 Å². The van der Waals surface area contributed by atoms with Crippen LogP contribution in [0.3, 0.4) is 0 Å². The predicted octanol–water partition coefficient (Wildman–Crippen LogP) is 3.08. The smallest absolute Gasteiger partial charge is 0.227 e. The summed E-state index contributed by atoms with van der Waals surface area (Å²) in [6.45, 7) is 9.19. The zero-order valence-electron chi connectivity index (χ0n) is 22.7. The van der Waals surface area contributed by atoms with Gasteiger partial charge in [0, 0.05) is 74.0 Å². The number of hydrogen-bond donors (Lipinski definition) is 2. The first-order chi connectivity index (χ1) is 19.5. The number of nitrogens with one attached hydrogen (secondary N) is 1. The zero-order chi connectivity index (χ0) is 27.2. The third-order valence-electron chi connectivity index (χ3n) is 8.03. The maximum atomic E-state index is 9.34. The first-order valence-corrected chi connectivity index (χ1v) is 14.7. The number of pyridine rings is 2. The number of anilines is 4. The fraction of sp³-hybridized carbons (Fsp3) is 0.464. The largest absolute Gasteiger partial charge is 0.395 e. The maximum Gasteiger partial charge on any atom is 0.227 e. The standard InChI is InChI=1S/C28H33N9O2S/c1-17-9-25(34-28(31-17)37-15-20-11-21(37)14-35(20)5-7-38)33-24-12-22-23(13-30-24)40-27(32-22)19-3-4-29-26(10-19)36-6-8-39-16-18(36)2/h3-4,9-10,12-13,18,20-21,38H,5-8,11,14-16H2,1-2H3,(H,30,31,33,34)/t18-,20+,21+/m1/s1. The first kappa shape index (κ1) is 25.5. The minimum Gasteiger partial charge on any atom is -0.395 e. The van der Waals surface area contributed by atoms with Gasteiger partial charge in [-0.25, -0.2) is 19.9 Å². The van der Waals surface area contributed by atoms with Crippen molar-refractivity contribution in [3.8, 4) is 10.6 Å². The summed E-state index contributed by atoms with van der Waals surface area (Å²) in [4.78, 5) is 30.8. The van der Waals surface area contributed by atoms with Gasteiger partial charge in [-0.05, 0) is 32.4 Å². The summed E-state index contributed by atoms with van der Waals surface area (Å²) in [6.07, 6.45) is 4.82. The van der Waals surface area contributed by atoms with Crippen molar-refractivity contribution in [2.45, 2.75) is 38.4 Å². The van der Waals surface area contributed by atoms with Crippen LogP contribution in [-0.4, -0.2) is 99.1 Å². The van der Waals surface area contributed by atoms with E-state index < -0.39 is 0 Å². The molecule has 0 saturated carbocycles. The quantitative estimate of drug-likeness (QED) is 0.348. The number of hydrogen-bond acceptors (Lipinski definition) is 12.